The Bertz CT molecular complexity index is 569. The van der Waals surface area contributed by atoms with E-state index in [9.17, 15) is 0 Å². The van der Waals surface area contributed by atoms with Gasteiger partial charge in [0.2, 0.25) is 0 Å². The van der Waals surface area contributed by atoms with Crippen molar-refractivity contribution in [2.75, 3.05) is 19.9 Å². The molecule has 0 amide bonds. The van der Waals surface area contributed by atoms with Gasteiger partial charge < -0.3 is 10.5 Å². The zero-order chi connectivity index (χ0) is 14.5. The molecule has 2 aromatic rings. The normalized spacial score (nSPS) is 10.8. The van der Waals surface area contributed by atoms with E-state index in [1.807, 2.05) is 18.2 Å². The molecule has 0 atom stereocenters. The number of anilines is 1. The molecule has 0 unspecified atom stereocenters. The number of ether oxygens (including phenoxy) is 1. The molecule has 4 heteroatoms. The summed E-state index contributed by atoms with van der Waals surface area (Å²) in [5.41, 5.74) is 9.21. The minimum atomic E-state index is 0.770. The predicted molar refractivity (Wildman–Crippen MR) is 86.7 cm³/mol. The summed E-state index contributed by atoms with van der Waals surface area (Å²) >= 11 is 3.45. The molecule has 0 aliphatic carbocycles. The highest BCUT2D eigenvalue weighted by Crippen LogP contribution is 2.21. The van der Waals surface area contributed by atoms with E-state index >= 15 is 0 Å². The predicted octanol–water partition coefficient (Wildman–Crippen LogP) is 3.67. The Balaban J connectivity index is 2.00. The maximum atomic E-state index is 6.05. The van der Waals surface area contributed by atoms with Crippen LogP contribution in [-0.4, -0.2) is 19.1 Å². The van der Waals surface area contributed by atoms with E-state index in [-0.39, 0.29) is 0 Å². The molecule has 106 valence electrons. The SMILES string of the molecule is COc1ccc(CN(C)Cc2ccc(Br)cc2)c(N)c1. The summed E-state index contributed by atoms with van der Waals surface area (Å²) in [6, 6.07) is 14.2. The average Bonchev–Trinajstić information content (AvgIpc) is 2.43. The van der Waals surface area contributed by atoms with E-state index in [4.69, 9.17) is 10.5 Å². The zero-order valence-electron chi connectivity index (χ0n) is 11.8. The first kappa shape index (κ1) is 14.9. The Hall–Kier alpha value is -1.52. The van der Waals surface area contributed by atoms with E-state index < -0.39 is 0 Å². The second kappa shape index (κ2) is 6.77. The molecule has 0 fully saturated rings. The Labute approximate surface area is 128 Å². The molecule has 0 saturated heterocycles. The Kier molecular flexibility index (Phi) is 5.04. The largest absolute Gasteiger partial charge is 0.497 e. The smallest absolute Gasteiger partial charge is 0.120 e. The highest BCUT2D eigenvalue weighted by molar-refractivity contribution is 9.10. The second-order valence-corrected chi connectivity index (χ2v) is 5.78. The van der Waals surface area contributed by atoms with E-state index in [0.29, 0.717) is 0 Å². The number of nitrogens with two attached hydrogens (primary N) is 1. The fourth-order valence-electron chi connectivity index (χ4n) is 2.09. The Morgan fingerprint density at radius 2 is 1.80 bits per heavy atom. The summed E-state index contributed by atoms with van der Waals surface area (Å²) in [5, 5.41) is 0. The van der Waals surface area contributed by atoms with Crippen molar-refractivity contribution in [1.82, 2.24) is 4.90 Å². The second-order valence-electron chi connectivity index (χ2n) is 4.86. The van der Waals surface area contributed by atoms with Crippen molar-refractivity contribution < 1.29 is 4.74 Å². The standard InChI is InChI=1S/C16H19BrN2O/c1-19(10-12-3-6-14(17)7-4-12)11-13-5-8-15(20-2)9-16(13)18/h3-9H,10-11,18H2,1-2H3. The number of rotatable bonds is 5. The van der Waals surface area contributed by atoms with E-state index in [1.165, 1.54) is 5.56 Å². The van der Waals surface area contributed by atoms with Crippen molar-refractivity contribution in [2.45, 2.75) is 13.1 Å². The molecule has 0 spiro atoms. The van der Waals surface area contributed by atoms with Gasteiger partial charge in [-0.25, -0.2) is 0 Å². The molecule has 0 bridgehead atoms. The van der Waals surface area contributed by atoms with Gasteiger partial charge in [-0.2, -0.15) is 0 Å². The number of halogens is 1. The summed E-state index contributed by atoms with van der Waals surface area (Å²) in [6.45, 7) is 1.70. The van der Waals surface area contributed by atoms with Crippen molar-refractivity contribution >= 4 is 21.6 Å². The molecule has 20 heavy (non-hydrogen) atoms. The van der Waals surface area contributed by atoms with E-state index in [2.05, 4.69) is 52.1 Å². The lowest BCUT2D eigenvalue weighted by molar-refractivity contribution is 0.319. The molecule has 2 aromatic carbocycles. The van der Waals surface area contributed by atoms with Crippen LogP contribution in [0.25, 0.3) is 0 Å². The summed E-state index contributed by atoms with van der Waals surface area (Å²) in [5.74, 6) is 0.793. The molecular formula is C16H19BrN2O. The number of nitrogens with zero attached hydrogens (tertiary/aromatic N) is 1. The lowest BCUT2D eigenvalue weighted by Gasteiger charge is -2.18. The van der Waals surface area contributed by atoms with E-state index in [0.717, 1.165) is 34.6 Å². The molecular weight excluding hydrogens is 316 g/mol. The Morgan fingerprint density at radius 3 is 2.40 bits per heavy atom. The Morgan fingerprint density at radius 1 is 1.10 bits per heavy atom. The van der Waals surface area contributed by atoms with Crippen LogP contribution in [0.2, 0.25) is 0 Å². The van der Waals surface area contributed by atoms with Gasteiger partial charge >= 0.3 is 0 Å². The molecule has 3 nitrogen and oxygen atoms in total. The lowest BCUT2D eigenvalue weighted by atomic mass is 10.1. The monoisotopic (exact) mass is 334 g/mol. The van der Waals surface area contributed by atoms with Gasteiger partial charge in [-0.1, -0.05) is 34.1 Å². The van der Waals surface area contributed by atoms with Gasteiger partial charge in [-0.3, -0.25) is 4.90 Å². The van der Waals surface area contributed by atoms with Gasteiger partial charge in [0.15, 0.2) is 0 Å². The van der Waals surface area contributed by atoms with Crippen molar-refractivity contribution in [3.8, 4) is 5.75 Å². The highest BCUT2D eigenvalue weighted by Gasteiger charge is 2.06. The first-order chi connectivity index (χ1) is 9.58. The molecule has 2 N–H and O–H groups in total. The van der Waals surface area contributed by atoms with Gasteiger partial charge in [0.1, 0.15) is 5.75 Å². The third-order valence-electron chi connectivity index (χ3n) is 3.16. The van der Waals surface area contributed by atoms with Gasteiger partial charge in [0, 0.05) is 29.3 Å². The maximum absolute atomic E-state index is 6.05. The van der Waals surface area contributed by atoms with Gasteiger partial charge in [-0.05, 0) is 36.4 Å². The molecule has 0 saturated carbocycles. The van der Waals surface area contributed by atoms with Crippen LogP contribution in [-0.2, 0) is 13.1 Å². The van der Waals surface area contributed by atoms with Crippen molar-refractivity contribution in [3.05, 3.63) is 58.1 Å². The van der Waals surface area contributed by atoms with Crippen LogP contribution in [0.15, 0.2) is 46.9 Å². The molecule has 0 aromatic heterocycles. The summed E-state index contributed by atoms with van der Waals surface area (Å²) in [7, 11) is 3.74. The summed E-state index contributed by atoms with van der Waals surface area (Å²) in [6.07, 6.45) is 0. The first-order valence-corrected chi connectivity index (χ1v) is 7.23. The van der Waals surface area contributed by atoms with Crippen molar-refractivity contribution in [3.63, 3.8) is 0 Å². The van der Waals surface area contributed by atoms with Crippen LogP contribution in [0, 0.1) is 0 Å². The molecule has 0 heterocycles. The lowest BCUT2D eigenvalue weighted by Crippen LogP contribution is -2.18. The van der Waals surface area contributed by atoms with Gasteiger partial charge in [0.25, 0.3) is 0 Å². The van der Waals surface area contributed by atoms with E-state index in [1.54, 1.807) is 7.11 Å². The molecule has 2 rings (SSSR count). The number of nitrogen functional groups attached to an aromatic ring is 1. The summed E-state index contributed by atoms with van der Waals surface area (Å²) < 4.78 is 6.26. The maximum Gasteiger partial charge on any atom is 0.120 e. The van der Waals surface area contributed by atoms with Crippen LogP contribution in [0.3, 0.4) is 0 Å². The van der Waals surface area contributed by atoms with Crippen LogP contribution >= 0.6 is 15.9 Å². The molecule has 0 aliphatic heterocycles. The average molecular weight is 335 g/mol. The quantitative estimate of drug-likeness (QED) is 0.848. The zero-order valence-corrected chi connectivity index (χ0v) is 13.4. The minimum Gasteiger partial charge on any atom is -0.497 e. The number of benzene rings is 2. The number of hydrogen-bond donors (Lipinski definition) is 1. The number of methoxy groups -OCH3 is 1. The van der Waals surface area contributed by atoms with Crippen LogP contribution < -0.4 is 10.5 Å². The first-order valence-electron chi connectivity index (χ1n) is 6.44. The van der Waals surface area contributed by atoms with Gasteiger partial charge in [-0.15, -0.1) is 0 Å². The molecule has 0 aliphatic rings. The third kappa shape index (κ3) is 3.99. The van der Waals surface area contributed by atoms with Crippen LogP contribution in [0.1, 0.15) is 11.1 Å². The summed E-state index contributed by atoms with van der Waals surface area (Å²) in [4.78, 5) is 2.24. The minimum absolute atomic E-state index is 0.770. The number of hydrogen-bond acceptors (Lipinski definition) is 3. The highest BCUT2D eigenvalue weighted by atomic mass is 79.9. The van der Waals surface area contributed by atoms with Crippen molar-refractivity contribution in [1.29, 1.82) is 0 Å². The van der Waals surface area contributed by atoms with Crippen LogP contribution in [0.4, 0.5) is 5.69 Å². The fourth-order valence-corrected chi connectivity index (χ4v) is 2.36. The van der Waals surface area contributed by atoms with Crippen molar-refractivity contribution in [2.24, 2.45) is 0 Å². The van der Waals surface area contributed by atoms with Gasteiger partial charge in [0.05, 0.1) is 7.11 Å². The molecule has 0 radical (unpaired) electrons. The third-order valence-corrected chi connectivity index (χ3v) is 3.69. The van der Waals surface area contributed by atoms with Crippen LogP contribution in [0.5, 0.6) is 5.75 Å². The topological polar surface area (TPSA) is 38.5 Å². The fraction of sp³-hybridized carbons (Fsp3) is 0.250.